The first-order valence-electron chi connectivity index (χ1n) is 7.70. The van der Waals surface area contributed by atoms with Gasteiger partial charge in [0.05, 0.1) is 17.3 Å². The summed E-state index contributed by atoms with van der Waals surface area (Å²) in [5, 5.41) is -0.0451. The molecule has 0 bridgehead atoms. The fourth-order valence-electron chi connectivity index (χ4n) is 2.84. The molecule has 2 heterocycles. The molecule has 1 amide bonds. The lowest BCUT2D eigenvalue weighted by Gasteiger charge is -2.26. The van der Waals surface area contributed by atoms with E-state index in [1.807, 2.05) is 29.2 Å². The standard InChI is InChI=1S/C18H21NO2S/c1-13(2)17(22-12-15-7-5-11-21-15)18(20)19-10-9-14-6-3-4-8-16(14)19/h3-8,11,13,17H,9-10,12H2,1-2H3. The Labute approximate surface area is 135 Å². The first-order chi connectivity index (χ1) is 10.7. The number of thioether (sulfide) groups is 1. The van der Waals surface area contributed by atoms with Gasteiger partial charge in [0.15, 0.2) is 0 Å². The van der Waals surface area contributed by atoms with Crippen molar-refractivity contribution in [3.63, 3.8) is 0 Å². The summed E-state index contributed by atoms with van der Waals surface area (Å²) in [6.45, 7) is 5.02. The molecule has 4 heteroatoms. The number of carbonyl (C=O) groups excluding carboxylic acids is 1. The topological polar surface area (TPSA) is 33.5 Å². The van der Waals surface area contributed by atoms with Crippen LogP contribution in [0, 0.1) is 5.92 Å². The van der Waals surface area contributed by atoms with Crippen molar-refractivity contribution in [2.45, 2.75) is 31.3 Å². The highest BCUT2D eigenvalue weighted by Gasteiger charge is 2.32. The van der Waals surface area contributed by atoms with E-state index in [0.29, 0.717) is 5.92 Å². The normalized spacial score (nSPS) is 15.1. The maximum atomic E-state index is 13.0. The van der Waals surface area contributed by atoms with Crippen molar-refractivity contribution in [1.29, 1.82) is 0 Å². The molecule has 0 N–H and O–H groups in total. The second-order valence-electron chi connectivity index (χ2n) is 5.92. The smallest absolute Gasteiger partial charge is 0.240 e. The fourth-order valence-corrected chi connectivity index (χ4v) is 4.00. The van der Waals surface area contributed by atoms with E-state index in [0.717, 1.165) is 30.2 Å². The quantitative estimate of drug-likeness (QED) is 0.832. The van der Waals surface area contributed by atoms with Crippen molar-refractivity contribution >= 4 is 23.4 Å². The molecule has 0 radical (unpaired) electrons. The molecule has 0 saturated carbocycles. The molecule has 1 aromatic carbocycles. The summed E-state index contributed by atoms with van der Waals surface area (Å²) in [4.78, 5) is 14.9. The van der Waals surface area contributed by atoms with Crippen LogP contribution in [-0.4, -0.2) is 17.7 Å². The van der Waals surface area contributed by atoms with Crippen molar-refractivity contribution in [3.05, 3.63) is 54.0 Å². The number of hydrogen-bond donors (Lipinski definition) is 0. The SMILES string of the molecule is CC(C)C(SCc1ccco1)C(=O)N1CCc2ccccc21. The molecule has 1 aromatic heterocycles. The summed E-state index contributed by atoms with van der Waals surface area (Å²) < 4.78 is 5.38. The highest BCUT2D eigenvalue weighted by atomic mass is 32.2. The molecule has 0 spiro atoms. The van der Waals surface area contributed by atoms with Gasteiger partial charge in [-0.1, -0.05) is 32.0 Å². The Balaban J connectivity index is 1.73. The van der Waals surface area contributed by atoms with Gasteiger partial charge in [-0.2, -0.15) is 0 Å². The minimum atomic E-state index is -0.0451. The molecule has 22 heavy (non-hydrogen) atoms. The molecule has 1 aliphatic heterocycles. The third-order valence-corrected chi connectivity index (χ3v) is 5.54. The Morgan fingerprint density at radius 1 is 1.27 bits per heavy atom. The summed E-state index contributed by atoms with van der Waals surface area (Å²) in [5.74, 6) is 2.17. The van der Waals surface area contributed by atoms with E-state index in [4.69, 9.17) is 4.42 Å². The van der Waals surface area contributed by atoms with Gasteiger partial charge in [0, 0.05) is 12.2 Å². The summed E-state index contributed by atoms with van der Waals surface area (Å²) in [6.07, 6.45) is 2.63. The number of carbonyl (C=O) groups is 1. The largest absolute Gasteiger partial charge is 0.468 e. The molecule has 0 fully saturated rings. The van der Waals surface area contributed by atoms with Gasteiger partial charge in [0.1, 0.15) is 5.76 Å². The lowest BCUT2D eigenvalue weighted by molar-refractivity contribution is -0.118. The van der Waals surface area contributed by atoms with Gasteiger partial charge in [-0.05, 0) is 36.1 Å². The minimum Gasteiger partial charge on any atom is -0.468 e. The van der Waals surface area contributed by atoms with Crippen LogP contribution in [0.3, 0.4) is 0 Å². The van der Waals surface area contributed by atoms with Crippen LogP contribution >= 0.6 is 11.8 Å². The third kappa shape index (κ3) is 3.07. The average molecular weight is 315 g/mol. The fraction of sp³-hybridized carbons (Fsp3) is 0.389. The summed E-state index contributed by atoms with van der Waals surface area (Å²) >= 11 is 1.67. The number of benzene rings is 1. The Morgan fingerprint density at radius 3 is 2.82 bits per heavy atom. The van der Waals surface area contributed by atoms with Crippen molar-refractivity contribution in [2.75, 3.05) is 11.4 Å². The van der Waals surface area contributed by atoms with Gasteiger partial charge in [-0.3, -0.25) is 4.79 Å². The Morgan fingerprint density at radius 2 is 2.09 bits per heavy atom. The first-order valence-corrected chi connectivity index (χ1v) is 8.75. The van der Waals surface area contributed by atoms with E-state index in [1.165, 1.54) is 5.56 Å². The summed E-state index contributed by atoms with van der Waals surface area (Å²) in [7, 11) is 0. The molecule has 116 valence electrons. The van der Waals surface area contributed by atoms with Crippen LogP contribution < -0.4 is 4.90 Å². The van der Waals surface area contributed by atoms with E-state index in [2.05, 4.69) is 26.0 Å². The predicted octanol–water partition coefficient (Wildman–Crippen LogP) is 4.13. The second kappa shape index (κ2) is 6.61. The highest BCUT2D eigenvalue weighted by Crippen LogP contribution is 2.32. The maximum Gasteiger partial charge on any atom is 0.240 e. The number of hydrogen-bond acceptors (Lipinski definition) is 3. The van der Waals surface area contributed by atoms with Gasteiger partial charge >= 0.3 is 0 Å². The Bertz CT molecular complexity index is 636. The highest BCUT2D eigenvalue weighted by molar-refractivity contribution is 7.99. The van der Waals surface area contributed by atoms with Crippen LogP contribution in [-0.2, 0) is 17.0 Å². The lowest BCUT2D eigenvalue weighted by Crippen LogP contribution is -2.39. The molecule has 0 aliphatic carbocycles. The molecule has 1 unspecified atom stereocenters. The molecule has 0 saturated heterocycles. The Kier molecular flexibility index (Phi) is 4.57. The zero-order chi connectivity index (χ0) is 15.5. The summed E-state index contributed by atoms with van der Waals surface area (Å²) in [5.41, 5.74) is 2.35. The Hall–Kier alpha value is -1.68. The van der Waals surface area contributed by atoms with E-state index in [9.17, 15) is 4.79 Å². The number of anilines is 1. The van der Waals surface area contributed by atoms with Crippen LogP contribution in [0.2, 0.25) is 0 Å². The van der Waals surface area contributed by atoms with Gasteiger partial charge in [0.25, 0.3) is 0 Å². The average Bonchev–Trinajstić information content (AvgIpc) is 3.16. The van der Waals surface area contributed by atoms with Crippen LogP contribution in [0.5, 0.6) is 0 Å². The molecular formula is C18H21NO2S. The predicted molar refractivity (Wildman–Crippen MR) is 91.1 cm³/mol. The van der Waals surface area contributed by atoms with Crippen LogP contribution in [0.15, 0.2) is 47.1 Å². The van der Waals surface area contributed by atoms with E-state index < -0.39 is 0 Å². The van der Waals surface area contributed by atoms with Crippen molar-refractivity contribution in [2.24, 2.45) is 5.92 Å². The molecule has 2 aromatic rings. The molecular weight excluding hydrogens is 294 g/mol. The monoisotopic (exact) mass is 315 g/mol. The number of amides is 1. The second-order valence-corrected chi connectivity index (χ2v) is 7.05. The number of nitrogens with zero attached hydrogens (tertiary/aromatic N) is 1. The van der Waals surface area contributed by atoms with Gasteiger partial charge in [-0.25, -0.2) is 0 Å². The number of rotatable bonds is 5. The third-order valence-electron chi connectivity index (χ3n) is 3.99. The number of furan rings is 1. The minimum absolute atomic E-state index is 0.0451. The van der Waals surface area contributed by atoms with E-state index in [-0.39, 0.29) is 11.2 Å². The van der Waals surface area contributed by atoms with Crippen molar-refractivity contribution < 1.29 is 9.21 Å². The van der Waals surface area contributed by atoms with Gasteiger partial charge in [-0.15, -0.1) is 11.8 Å². The van der Waals surface area contributed by atoms with Crippen LogP contribution in [0.25, 0.3) is 0 Å². The van der Waals surface area contributed by atoms with Crippen molar-refractivity contribution in [1.82, 2.24) is 0 Å². The molecule has 1 aliphatic rings. The zero-order valence-corrected chi connectivity index (χ0v) is 13.8. The first kappa shape index (κ1) is 15.2. The number of para-hydroxylation sites is 1. The van der Waals surface area contributed by atoms with Gasteiger partial charge < -0.3 is 9.32 Å². The number of fused-ring (bicyclic) bond motifs is 1. The van der Waals surface area contributed by atoms with Crippen LogP contribution in [0.1, 0.15) is 25.2 Å². The van der Waals surface area contributed by atoms with Gasteiger partial charge in [0.2, 0.25) is 5.91 Å². The molecule has 1 atom stereocenters. The summed E-state index contributed by atoms with van der Waals surface area (Å²) in [6, 6.07) is 12.1. The molecule has 3 nitrogen and oxygen atoms in total. The van der Waals surface area contributed by atoms with E-state index in [1.54, 1.807) is 18.0 Å². The van der Waals surface area contributed by atoms with Crippen molar-refractivity contribution in [3.8, 4) is 0 Å². The lowest BCUT2D eigenvalue weighted by atomic mass is 10.1. The maximum absolute atomic E-state index is 13.0. The molecule has 3 rings (SSSR count). The zero-order valence-electron chi connectivity index (χ0n) is 13.0. The van der Waals surface area contributed by atoms with E-state index >= 15 is 0 Å². The van der Waals surface area contributed by atoms with Crippen LogP contribution in [0.4, 0.5) is 5.69 Å².